The highest BCUT2D eigenvalue weighted by Gasteiger charge is 2.17. The van der Waals surface area contributed by atoms with Crippen molar-refractivity contribution in [3.8, 4) is 0 Å². The molecular formula is C23H21NO3. The lowest BCUT2D eigenvalue weighted by atomic mass is 9.89. The van der Waals surface area contributed by atoms with Crippen LogP contribution >= 0.6 is 0 Å². The molecule has 0 spiro atoms. The summed E-state index contributed by atoms with van der Waals surface area (Å²) in [5.41, 5.74) is 3.81. The molecule has 4 heteroatoms. The average Bonchev–Trinajstić information content (AvgIpc) is 2.73. The number of anilines is 1. The van der Waals surface area contributed by atoms with Gasteiger partial charge in [0.05, 0.1) is 12.7 Å². The average molecular weight is 359 g/mol. The SMILES string of the molecule is COC(=O)c1ccc(NC(=O)c2ccccc2C(C)c2ccccc2)cc1. The second kappa shape index (κ2) is 8.32. The van der Waals surface area contributed by atoms with Crippen LogP contribution in [0.5, 0.6) is 0 Å². The first-order valence-corrected chi connectivity index (χ1v) is 8.73. The third-order valence-corrected chi connectivity index (χ3v) is 4.54. The first-order chi connectivity index (χ1) is 13.1. The van der Waals surface area contributed by atoms with E-state index in [1.165, 1.54) is 7.11 Å². The van der Waals surface area contributed by atoms with E-state index in [0.717, 1.165) is 11.1 Å². The van der Waals surface area contributed by atoms with Crippen LogP contribution in [0.25, 0.3) is 0 Å². The van der Waals surface area contributed by atoms with Crippen LogP contribution in [0.3, 0.4) is 0 Å². The Balaban J connectivity index is 1.82. The Labute approximate surface area is 158 Å². The minimum Gasteiger partial charge on any atom is -0.465 e. The molecule has 0 aliphatic heterocycles. The van der Waals surface area contributed by atoms with E-state index in [-0.39, 0.29) is 11.8 Å². The van der Waals surface area contributed by atoms with Crippen molar-refractivity contribution >= 4 is 17.6 Å². The van der Waals surface area contributed by atoms with E-state index in [9.17, 15) is 9.59 Å². The van der Waals surface area contributed by atoms with Gasteiger partial charge in [0.25, 0.3) is 5.91 Å². The van der Waals surface area contributed by atoms with E-state index in [1.54, 1.807) is 24.3 Å². The predicted octanol–water partition coefficient (Wildman–Crippen LogP) is 4.88. The monoisotopic (exact) mass is 359 g/mol. The van der Waals surface area contributed by atoms with Crippen LogP contribution < -0.4 is 5.32 Å². The molecule has 1 atom stereocenters. The smallest absolute Gasteiger partial charge is 0.337 e. The molecule has 0 saturated carbocycles. The molecule has 0 aromatic heterocycles. The van der Waals surface area contributed by atoms with Gasteiger partial charge in [0.2, 0.25) is 0 Å². The molecule has 1 unspecified atom stereocenters. The number of methoxy groups -OCH3 is 1. The van der Waals surface area contributed by atoms with E-state index in [1.807, 2.05) is 42.5 Å². The number of carbonyl (C=O) groups excluding carboxylic acids is 2. The molecule has 3 aromatic carbocycles. The van der Waals surface area contributed by atoms with Gasteiger partial charge in [-0.05, 0) is 41.5 Å². The van der Waals surface area contributed by atoms with Crippen LogP contribution in [0.1, 0.15) is 44.7 Å². The van der Waals surface area contributed by atoms with E-state index in [4.69, 9.17) is 0 Å². The molecule has 0 heterocycles. The van der Waals surface area contributed by atoms with E-state index in [0.29, 0.717) is 16.8 Å². The minimum atomic E-state index is -0.407. The zero-order valence-corrected chi connectivity index (χ0v) is 15.3. The first kappa shape index (κ1) is 18.4. The zero-order valence-electron chi connectivity index (χ0n) is 15.3. The lowest BCUT2D eigenvalue weighted by Gasteiger charge is -2.17. The summed E-state index contributed by atoms with van der Waals surface area (Å²) in [7, 11) is 1.34. The molecule has 0 saturated heterocycles. The number of nitrogens with one attached hydrogen (secondary N) is 1. The maximum Gasteiger partial charge on any atom is 0.337 e. The van der Waals surface area contributed by atoms with Gasteiger partial charge in [-0.2, -0.15) is 0 Å². The number of benzene rings is 3. The van der Waals surface area contributed by atoms with Gasteiger partial charge in [-0.15, -0.1) is 0 Å². The Bertz CT molecular complexity index is 933. The van der Waals surface area contributed by atoms with Crippen molar-refractivity contribution in [2.75, 3.05) is 12.4 Å². The lowest BCUT2D eigenvalue weighted by molar-refractivity contribution is 0.0600. The highest BCUT2D eigenvalue weighted by molar-refractivity contribution is 6.05. The number of carbonyl (C=O) groups is 2. The highest BCUT2D eigenvalue weighted by atomic mass is 16.5. The summed E-state index contributed by atoms with van der Waals surface area (Å²) in [4.78, 5) is 24.4. The van der Waals surface area contributed by atoms with Crippen LogP contribution in [-0.2, 0) is 4.74 Å². The Morgan fingerprint density at radius 2 is 1.48 bits per heavy atom. The second-order valence-electron chi connectivity index (χ2n) is 6.24. The minimum absolute atomic E-state index is 0.0925. The van der Waals surface area contributed by atoms with Crippen LogP contribution in [0.4, 0.5) is 5.69 Å². The quantitative estimate of drug-likeness (QED) is 0.661. The summed E-state index contributed by atoms with van der Waals surface area (Å²) in [6, 6.07) is 24.3. The van der Waals surface area contributed by atoms with Gasteiger partial charge in [0, 0.05) is 17.2 Å². The van der Waals surface area contributed by atoms with Crippen molar-refractivity contribution in [1.82, 2.24) is 0 Å². The summed E-state index contributed by atoms with van der Waals surface area (Å²) in [6.45, 7) is 2.09. The van der Waals surface area contributed by atoms with Crippen LogP contribution in [0.2, 0.25) is 0 Å². The van der Waals surface area contributed by atoms with Crippen LogP contribution in [0.15, 0.2) is 78.9 Å². The molecule has 0 radical (unpaired) electrons. The molecule has 3 rings (SSSR count). The summed E-state index contributed by atoms with van der Waals surface area (Å²) < 4.78 is 4.68. The molecule has 0 aliphatic carbocycles. The number of amides is 1. The molecule has 0 aliphatic rings. The molecule has 27 heavy (non-hydrogen) atoms. The van der Waals surface area contributed by atoms with Crippen molar-refractivity contribution in [3.05, 3.63) is 101 Å². The standard InChI is InChI=1S/C23H21NO3/c1-16(17-8-4-3-5-9-17)20-10-6-7-11-21(20)22(25)24-19-14-12-18(13-15-19)23(26)27-2/h3-16H,1-2H3,(H,24,25). The summed E-state index contributed by atoms with van der Waals surface area (Å²) in [5, 5.41) is 2.90. The molecule has 1 N–H and O–H groups in total. The summed E-state index contributed by atoms with van der Waals surface area (Å²) >= 11 is 0. The Morgan fingerprint density at radius 3 is 2.15 bits per heavy atom. The van der Waals surface area contributed by atoms with Crippen LogP contribution in [-0.4, -0.2) is 19.0 Å². The van der Waals surface area contributed by atoms with Gasteiger partial charge in [0.15, 0.2) is 0 Å². The second-order valence-corrected chi connectivity index (χ2v) is 6.24. The summed E-state index contributed by atoms with van der Waals surface area (Å²) in [6.07, 6.45) is 0. The fourth-order valence-corrected chi connectivity index (χ4v) is 3.01. The number of hydrogen-bond donors (Lipinski definition) is 1. The fourth-order valence-electron chi connectivity index (χ4n) is 3.01. The Kier molecular flexibility index (Phi) is 5.67. The van der Waals surface area contributed by atoms with Gasteiger partial charge in [0.1, 0.15) is 0 Å². The predicted molar refractivity (Wildman–Crippen MR) is 106 cm³/mol. The third-order valence-electron chi connectivity index (χ3n) is 4.54. The highest BCUT2D eigenvalue weighted by Crippen LogP contribution is 2.27. The largest absolute Gasteiger partial charge is 0.465 e. The maximum atomic E-state index is 12.8. The van der Waals surface area contributed by atoms with Crippen molar-refractivity contribution in [1.29, 1.82) is 0 Å². The van der Waals surface area contributed by atoms with Crippen molar-refractivity contribution in [2.24, 2.45) is 0 Å². The van der Waals surface area contributed by atoms with Gasteiger partial charge < -0.3 is 10.1 Å². The normalized spacial score (nSPS) is 11.5. The number of rotatable bonds is 5. The molecular weight excluding hydrogens is 338 g/mol. The maximum absolute atomic E-state index is 12.8. The number of ether oxygens (including phenoxy) is 1. The van der Waals surface area contributed by atoms with E-state index < -0.39 is 5.97 Å². The van der Waals surface area contributed by atoms with E-state index >= 15 is 0 Å². The zero-order chi connectivity index (χ0) is 19.2. The molecule has 1 amide bonds. The molecule has 136 valence electrons. The van der Waals surface area contributed by atoms with Gasteiger partial charge >= 0.3 is 5.97 Å². The van der Waals surface area contributed by atoms with E-state index in [2.05, 4.69) is 29.1 Å². The summed E-state index contributed by atoms with van der Waals surface area (Å²) in [5.74, 6) is -0.496. The third kappa shape index (κ3) is 4.23. The van der Waals surface area contributed by atoms with Gasteiger partial charge in [-0.3, -0.25) is 4.79 Å². The van der Waals surface area contributed by atoms with Gasteiger partial charge in [-0.25, -0.2) is 4.79 Å². The molecule has 0 bridgehead atoms. The van der Waals surface area contributed by atoms with Gasteiger partial charge in [-0.1, -0.05) is 55.5 Å². The topological polar surface area (TPSA) is 55.4 Å². The van der Waals surface area contributed by atoms with Crippen molar-refractivity contribution < 1.29 is 14.3 Å². The molecule has 3 aromatic rings. The van der Waals surface area contributed by atoms with Crippen molar-refractivity contribution in [2.45, 2.75) is 12.8 Å². The number of esters is 1. The molecule has 4 nitrogen and oxygen atoms in total. The number of hydrogen-bond acceptors (Lipinski definition) is 3. The fraction of sp³-hybridized carbons (Fsp3) is 0.130. The molecule has 0 fully saturated rings. The Morgan fingerprint density at radius 1 is 0.852 bits per heavy atom. The first-order valence-electron chi connectivity index (χ1n) is 8.73. The Hall–Kier alpha value is -3.40. The van der Waals surface area contributed by atoms with Crippen LogP contribution in [0, 0.1) is 0 Å². The lowest BCUT2D eigenvalue weighted by Crippen LogP contribution is -2.15. The van der Waals surface area contributed by atoms with Crippen molar-refractivity contribution in [3.63, 3.8) is 0 Å².